The van der Waals surface area contributed by atoms with E-state index in [0.29, 0.717) is 0 Å². The Morgan fingerprint density at radius 1 is 0.333 bits per heavy atom. The lowest BCUT2D eigenvalue weighted by atomic mass is 10.0. The largest absolute Gasteiger partial charge is 0.192 e. The molecule has 0 radical (unpaired) electrons. The first-order chi connectivity index (χ1) is 29.3. The SMILES string of the molecule is N#CC(C#N)=Cc1ccc(-c2cc3sc(-c4ccc(C=C(C#N)C#N)s4)c(-c4c(-c5ccc(C=C(C#N)C#N)s5)sc5cc(-c6ccc(C=C(C#N)C#N)s6)sc45)c3s2)s1. The molecular formula is C44H14N8S8. The quantitative estimate of drug-likeness (QED) is 0.128. The van der Waals surface area contributed by atoms with Gasteiger partial charge in [-0.3, -0.25) is 0 Å². The van der Waals surface area contributed by atoms with Crippen LogP contribution in [0.3, 0.4) is 0 Å². The summed E-state index contributed by atoms with van der Waals surface area (Å²) in [5.41, 5.74) is 2.16. The van der Waals surface area contributed by atoms with E-state index in [1.807, 2.05) is 97.1 Å². The lowest BCUT2D eigenvalue weighted by Gasteiger charge is -2.06. The van der Waals surface area contributed by atoms with Gasteiger partial charge in [-0.1, -0.05) is 0 Å². The molecule has 0 aliphatic rings. The smallest absolute Gasteiger partial charge is 0.131 e. The molecule has 278 valence electrons. The summed E-state index contributed by atoms with van der Waals surface area (Å²) >= 11 is 12.6. The molecule has 8 rings (SSSR count). The van der Waals surface area contributed by atoms with Gasteiger partial charge in [0, 0.05) is 69.3 Å². The first-order valence-electron chi connectivity index (χ1n) is 16.9. The molecule has 0 saturated heterocycles. The molecule has 0 fully saturated rings. The van der Waals surface area contributed by atoms with Crippen LogP contribution in [0.5, 0.6) is 0 Å². The molecule has 0 N–H and O–H groups in total. The van der Waals surface area contributed by atoms with Crippen LogP contribution in [-0.2, 0) is 0 Å². The Morgan fingerprint density at radius 3 is 0.917 bits per heavy atom. The van der Waals surface area contributed by atoms with Crippen LogP contribution in [0.1, 0.15) is 19.5 Å². The Kier molecular flexibility index (Phi) is 11.3. The highest BCUT2D eigenvalue weighted by Crippen LogP contribution is 2.59. The third-order valence-corrected chi connectivity index (χ3v) is 18.2. The molecular weight excluding hydrogens is 897 g/mol. The van der Waals surface area contributed by atoms with E-state index < -0.39 is 0 Å². The summed E-state index contributed by atoms with van der Waals surface area (Å²) in [5.74, 6) is 0. The number of fused-ring (bicyclic) bond motifs is 2. The maximum atomic E-state index is 9.48. The van der Waals surface area contributed by atoms with E-state index in [-0.39, 0.29) is 22.3 Å². The van der Waals surface area contributed by atoms with Gasteiger partial charge in [0.05, 0.1) is 19.2 Å². The molecule has 16 heteroatoms. The number of hydrogen-bond acceptors (Lipinski definition) is 16. The summed E-state index contributed by atoms with van der Waals surface area (Å²) in [7, 11) is 0. The highest BCUT2D eigenvalue weighted by Gasteiger charge is 2.28. The van der Waals surface area contributed by atoms with Crippen LogP contribution in [0.25, 0.3) is 93.2 Å². The summed E-state index contributed by atoms with van der Waals surface area (Å²) in [6, 6.07) is 35.5. The zero-order chi connectivity index (χ0) is 41.9. The maximum absolute atomic E-state index is 9.48. The van der Waals surface area contributed by atoms with Crippen molar-refractivity contribution in [1.82, 2.24) is 0 Å². The zero-order valence-corrected chi connectivity index (χ0v) is 36.5. The van der Waals surface area contributed by atoms with Gasteiger partial charge in [-0.25, -0.2) is 0 Å². The number of allylic oxidation sites excluding steroid dienone is 4. The van der Waals surface area contributed by atoms with Gasteiger partial charge in [0.25, 0.3) is 0 Å². The van der Waals surface area contributed by atoms with Crippen molar-refractivity contribution in [3.05, 3.63) is 102 Å². The first-order valence-corrected chi connectivity index (χ1v) is 23.4. The van der Waals surface area contributed by atoms with Crippen molar-refractivity contribution in [2.24, 2.45) is 0 Å². The zero-order valence-electron chi connectivity index (χ0n) is 29.9. The average Bonchev–Trinajstić information content (AvgIpc) is 4.11. The van der Waals surface area contributed by atoms with Gasteiger partial charge >= 0.3 is 0 Å². The summed E-state index contributed by atoms with van der Waals surface area (Å²) < 4.78 is 4.26. The van der Waals surface area contributed by atoms with E-state index in [1.165, 1.54) is 45.3 Å². The molecule has 0 atom stereocenters. The van der Waals surface area contributed by atoms with Crippen LogP contribution in [0, 0.1) is 90.6 Å². The number of thiophene rings is 8. The molecule has 8 heterocycles. The van der Waals surface area contributed by atoms with Crippen molar-refractivity contribution in [2.75, 3.05) is 0 Å². The van der Waals surface area contributed by atoms with Crippen molar-refractivity contribution in [3.63, 3.8) is 0 Å². The molecule has 8 aromatic rings. The monoisotopic (exact) mass is 910 g/mol. The fourth-order valence-electron chi connectivity index (χ4n) is 5.98. The van der Waals surface area contributed by atoms with Gasteiger partial charge < -0.3 is 0 Å². The Labute approximate surface area is 373 Å². The Bertz CT molecular complexity index is 3250. The van der Waals surface area contributed by atoms with Gasteiger partial charge in [0.15, 0.2) is 0 Å². The van der Waals surface area contributed by atoms with Crippen LogP contribution in [-0.4, -0.2) is 0 Å². The predicted molar refractivity (Wildman–Crippen MR) is 248 cm³/mol. The van der Waals surface area contributed by atoms with E-state index in [4.69, 9.17) is 0 Å². The molecule has 8 aromatic heterocycles. The minimum atomic E-state index is 0.0115. The van der Waals surface area contributed by atoms with Gasteiger partial charge in [-0.05, 0) is 85.0 Å². The molecule has 0 aliphatic heterocycles. The second kappa shape index (κ2) is 17.1. The van der Waals surface area contributed by atoms with E-state index >= 15 is 0 Å². The van der Waals surface area contributed by atoms with E-state index in [9.17, 15) is 42.1 Å². The molecule has 0 bridgehead atoms. The van der Waals surface area contributed by atoms with Gasteiger partial charge in [-0.15, -0.1) is 90.7 Å². The molecule has 0 aliphatic carbocycles. The van der Waals surface area contributed by atoms with Gasteiger partial charge in [0.2, 0.25) is 0 Å². The third-order valence-electron chi connectivity index (χ3n) is 8.53. The standard InChI is InChI=1S/C44H14N8S8/c45-15-23(16-46)9-27-1-5-31(53-27)35-13-37-43(57-35)39(41(59-37)33-7-3-29(55-33)11-25(19-49)20-50)40-42(34-8-4-30(56-34)12-26(21-51)22-52)60-38-14-36(58-44(38)40)32-6-2-28(54-32)10-24(17-47)18-48/h1-14H. The Balaban J connectivity index is 1.38. The molecule has 8 nitrogen and oxygen atoms in total. The molecule has 0 unspecified atom stereocenters. The van der Waals surface area contributed by atoms with E-state index in [0.717, 1.165) is 88.5 Å². The van der Waals surface area contributed by atoms with Crippen molar-refractivity contribution in [2.45, 2.75) is 0 Å². The van der Waals surface area contributed by atoms with E-state index in [1.54, 1.807) is 69.7 Å². The molecule has 0 spiro atoms. The lowest BCUT2D eigenvalue weighted by molar-refractivity contribution is 1.47. The number of hydrogen-bond donors (Lipinski definition) is 0. The summed E-state index contributed by atoms with van der Waals surface area (Å²) in [4.78, 5) is 11.2. The first kappa shape index (κ1) is 39.8. The molecule has 60 heavy (non-hydrogen) atoms. The minimum absolute atomic E-state index is 0.0115. The van der Waals surface area contributed by atoms with Crippen molar-refractivity contribution >= 4 is 134 Å². The van der Waals surface area contributed by atoms with Gasteiger partial charge in [0.1, 0.15) is 70.8 Å². The van der Waals surface area contributed by atoms with Crippen LogP contribution < -0.4 is 0 Å². The van der Waals surface area contributed by atoms with Gasteiger partial charge in [-0.2, -0.15) is 42.1 Å². The third kappa shape index (κ3) is 7.66. The van der Waals surface area contributed by atoms with Crippen LogP contribution in [0.2, 0.25) is 0 Å². The summed E-state index contributed by atoms with van der Waals surface area (Å²) in [5, 5.41) is 75.3. The molecule has 0 saturated carbocycles. The van der Waals surface area contributed by atoms with Crippen LogP contribution in [0.15, 0.2) is 83.0 Å². The lowest BCUT2D eigenvalue weighted by Crippen LogP contribution is -1.78. The number of nitrogens with zero attached hydrogens (tertiary/aromatic N) is 8. The van der Waals surface area contributed by atoms with Crippen molar-refractivity contribution in [1.29, 1.82) is 42.1 Å². The summed E-state index contributed by atoms with van der Waals surface area (Å²) in [6.07, 6.45) is 6.35. The second-order valence-corrected chi connectivity index (χ2v) is 20.8. The number of rotatable bonds is 9. The Morgan fingerprint density at radius 2 is 0.617 bits per heavy atom. The van der Waals surface area contributed by atoms with Crippen molar-refractivity contribution in [3.8, 4) is 98.7 Å². The fraction of sp³-hybridized carbons (Fsp3) is 0. The molecule has 0 amide bonds. The highest BCUT2D eigenvalue weighted by atomic mass is 32.1. The maximum Gasteiger partial charge on any atom is 0.131 e. The molecule has 0 aromatic carbocycles. The predicted octanol–water partition coefficient (Wildman–Crippen LogP) is 14.5. The van der Waals surface area contributed by atoms with E-state index in [2.05, 4.69) is 12.1 Å². The van der Waals surface area contributed by atoms with Crippen molar-refractivity contribution < 1.29 is 0 Å². The Hall–Kier alpha value is -7.00. The minimum Gasteiger partial charge on any atom is -0.192 e. The second-order valence-electron chi connectivity index (χ2n) is 12.2. The normalized spacial score (nSPS) is 10.2. The average molecular weight is 911 g/mol. The highest BCUT2D eigenvalue weighted by molar-refractivity contribution is 7.36. The summed E-state index contributed by atoms with van der Waals surface area (Å²) in [6.45, 7) is 0. The van der Waals surface area contributed by atoms with Crippen LogP contribution in [0.4, 0.5) is 0 Å². The fourth-order valence-corrected chi connectivity index (χ4v) is 15.5. The number of nitriles is 8. The van der Waals surface area contributed by atoms with Crippen LogP contribution >= 0.6 is 90.7 Å². The topological polar surface area (TPSA) is 190 Å².